The molecule has 0 saturated carbocycles. The van der Waals surface area contributed by atoms with Crippen LogP contribution in [-0.2, 0) is 4.74 Å². The highest BCUT2D eigenvalue weighted by molar-refractivity contribution is 5.79. The van der Waals surface area contributed by atoms with Gasteiger partial charge >= 0.3 is 0 Å². The van der Waals surface area contributed by atoms with E-state index < -0.39 is 5.95 Å². The fraction of sp³-hybridized carbons (Fsp3) is 0.263. The average molecular weight is 379 g/mol. The molecule has 28 heavy (non-hydrogen) atoms. The quantitative estimate of drug-likeness (QED) is 0.551. The number of nitrogens with zero attached hydrogens (tertiary/aromatic N) is 6. The molecule has 1 aliphatic rings. The van der Waals surface area contributed by atoms with Crippen LogP contribution in [0.1, 0.15) is 6.92 Å². The molecule has 0 aromatic carbocycles. The van der Waals surface area contributed by atoms with Crippen LogP contribution in [0.5, 0.6) is 0 Å². The Balaban J connectivity index is 1.77. The summed E-state index contributed by atoms with van der Waals surface area (Å²) in [6.07, 6.45) is 4.82. The first-order chi connectivity index (χ1) is 13.7. The maximum atomic E-state index is 14.5. The summed E-state index contributed by atoms with van der Waals surface area (Å²) in [6.45, 7) is 4.05. The molecule has 1 N–H and O–H groups in total. The van der Waals surface area contributed by atoms with Crippen molar-refractivity contribution in [2.45, 2.75) is 13.0 Å². The Morgan fingerprint density at radius 3 is 2.96 bits per heavy atom. The van der Waals surface area contributed by atoms with Gasteiger partial charge in [-0.3, -0.25) is 5.10 Å². The van der Waals surface area contributed by atoms with E-state index in [1.807, 2.05) is 12.1 Å². The molecule has 1 atom stereocenters. The van der Waals surface area contributed by atoms with Crippen molar-refractivity contribution < 1.29 is 9.13 Å². The van der Waals surface area contributed by atoms with Crippen LogP contribution < -0.4 is 4.90 Å². The summed E-state index contributed by atoms with van der Waals surface area (Å²) < 4.78 is 21.7. The molecule has 142 valence electrons. The summed E-state index contributed by atoms with van der Waals surface area (Å²) in [7, 11) is 0. The van der Waals surface area contributed by atoms with E-state index in [0.717, 1.165) is 17.1 Å². The number of hydrogen-bond acceptors (Lipinski definition) is 6. The second-order valence-corrected chi connectivity index (χ2v) is 6.72. The van der Waals surface area contributed by atoms with Crippen molar-refractivity contribution in [2.75, 3.05) is 24.7 Å². The Morgan fingerprint density at radius 2 is 2.18 bits per heavy atom. The third-order valence-corrected chi connectivity index (χ3v) is 4.95. The van der Waals surface area contributed by atoms with Crippen LogP contribution >= 0.6 is 0 Å². The van der Waals surface area contributed by atoms with Crippen LogP contribution in [0.25, 0.3) is 28.2 Å². The van der Waals surface area contributed by atoms with Crippen molar-refractivity contribution >= 4 is 11.5 Å². The summed E-state index contributed by atoms with van der Waals surface area (Å²) >= 11 is 0. The van der Waals surface area contributed by atoms with E-state index in [4.69, 9.17) is 9.72 Å². The van der Waals surface area contributed by atoms with E-state index >= 15 is 0 Å². The van der Waals surface area contributed by atoms with Gasteiger partial charge in [-0.05, 0) is 25.1 Å². The minimum absolute atomic E-state index is 0.161. The molecule has 5 rings (SSSR count). The summed E-state index contributed by atoms with van der Waals surface area (Å²) in [5.74, 6) is 0.206. The number of anilines is 1. The molecule has 0 unspecified atom stereocenters. The molecule has 4 aromatic rings. The fourth-order valence-corrected chi connectivity index (χ4v) is 3.53. The van der Waals surface area contributed by atoms with Gasteiger partial charge in [0.25, 0.3) is 0 Å². The van der Waals surface area contributed by atoms with E-state index in [2.05, 4.69) is 32.1 Å². The van der Waals surface area contributed by atoms with Crippen molar-refractivity contribution in [2.24, 2.45) is 0 Å². The number of pyridine rings is 1. The first-order valence-electron chi connectivity index (χ1n) is 9.06. The van der Waals surface area contributed by atoms with Gasteiger partial charge in [-0.2, -0.15) is 14.6 Å². The lowest BCUT2D eigenvalue weighted by Crippen LogP contribution is -2.44. The Kier molecular flexibility index (Phi) is 4.01. The lowest BCUT2D eigenvalue weighted by atomic mass is 10.1. The minimum atomic E-state index is -0.547. The van der Waals surface area contributed by atoms with Gasteiger partial charge in [0.1, 0.15) is 5.82 Å². The van der Waals surface area contributed by atoms with Crippen molar-refractivity contribution in [3.05, 3.63) is 48.8 Å². The number of aromatic amines is 1. The van der Waals surface area contributed by atoms with E-state index in [0.29, 0.717) is 36.7 Å². The number of ether oxygens (including phenoxy) is 1. The highest BCUT2D eigenvalue weighted by Gasteiger charge is 2.24. The lowest BCUT2D eigenvalue weighted by Gasteiger charge is -2.34. The molecule has 0 amide bonds. The highest BCUT2D eigenvalue weighted by atomic mass is 19.1. The second kappa shape index (κ2) is 6.68. The number of halogens is 1. The summed E-state index contributed by atoms with van der Waals surface area (Å²) in [6, 6.07) is 7.28. The molecule has 0 spiro atoms. The minimum Gasteiger partial charge on any atom is -0.377 e. The Bertz CT molecular complexity index is 1120. The van der Waals surface area contributed by atoms with E-state index in [1.165, 1.54) is 6.20 Å². The predicted molar refractivity (Wildman–Crippen MR) is 101 cm³/mol. The standard InChI is InChI=1S/C19H18FN7O/c1-12-11-28-8-7-26(12)17-9-16(13-3-2-5-21-18(13)20)27-19(24-17)14(10-23-27)15-4-6-22-25-15/h2-6,9-10,12H,7-8,11H2,1H3,(H,22,25)/t12-/m1/s1. The van der Waals surface area contributed by atoms with Crippen molar-refractivity contribution in [3.8, 4) is 22.5 Å². The zero-order valence-corrected chi connectivity index (χ0v) is 15.2. The van der Waals surface area contributed by atoms with Crippen LogP contribution in [-0.4, -0.2) is 55.6 Å². The number of aromatic nitrogens is 6. The molecule has 9 heteroatoms. The van der Waals surface area contributed by atoms with Crippen molar-refractivity contribution in [1.29, 1.82) is 0 Å². The number of H-pyrrole nitrogens is 1. The third-order valence-electron chi connectivity index (χ3n) is 4.95. The Labute approximate surface area is 160 Å². The number of hydrogen-bond donors (Lipinski definition) is 1. The van der Waals surface area contributed by atoms with Gasteiger partial charge in [-0.25, -0.2) is 14.5 Å². The molecule has 0 aliphatic carbocycles. The summed E-state index contributed by atoms with van der Waals surface area (Å²) in [5.41, 5.74) is 3.18. The topological polar surface area (TPSA) is 84.2 Å². The molecule has 1 saturated heterocycles. The second-order valence-electron chi connectivity index (χ2n) is 6.72. The lowest BCUT2D eigenvalue weighted by molar-refractivity contribution is 0.0985. The summed E-state index contributed by atoms with van der Waals surface area (Å²) in [5, 5.41) is 11.4. The SMILES string of the molecule is C[C@@H]1COCCN1c1cc(-c2cccnc2F)n2ncc(-c3ccn[nH]3)c2n1. The molecule has 0 radical (unpaired) electrons. The van der Waals surface area contributed by atoms with Crippen LogP contribution in [0.2, 0.25) is 0 Å². The van der Waals surface area contributed by atoms with Crippen LogP contribution in [0.4, 0.5) is 10.2 Å². The first-order valence-corrected chi connectivity index (χ1v) is 9.06. The smallest absolute Gasteiger partial charge is 0.222 e. The monoisotopic (exact) mass is 379 g/mol. The first kappa shape index (κ1) is 16.8. The molecular formula is C19H18FN7O. The largest absolute Gasteiger partial charge is 0.377 e. The van der Waals surface area contributed by atoms with Gasteiger partial charge in [0.2, 0.25) is 5.95 Å². The maximum Gasteiger partial charge on any atom is 0.222 e. The van der Waals surface area contributed by atoms with Crippen LogP contribution in [0.3, 0.4) is 0 Å². The normalized spacial score (nSPS) is 17.4. The average Bonchev–Trinajstić information content (AvgIpc) is 3.37. The van der Waals surface area contributed by atoms with Crippen molar-refractivity contribution in [3.63, 3.8) is 0 Å². The molecule has 4 aromatic heterocycles. The Hall–Kier alpha value is -3.33. The fourth-order valence-electron chi connectivity index (χ4n) is 3.53. The number of nitrogens with one attached hydrogen (secondary N) is 1. The third kappa shape index (κ3) is 2.71. The van der Waals surface area contributed by atoms with Crippen LogP contribution in [0.15, 0.2) is 42.9 Å². The molecule has 5 heterocycles. The van der Waals surface area contributed by atoms with Gasteiger partial charge in [0.15, 0.2) is 5.65 Å². The number of rotatable bonds is 3. The Morgan fingerprint density at radius 1 is 1.25 bits per heavy atom. The van der Waals surface area contributed by atoms with Crippen molar-refractivity contribution in [1.82, 2.24) is 29.8 Å². The molecular weight excluding hydrogens is 361 g/mol. The van der Waals surface area contributed by atoms with E-state index in [1.54, 1.807) is 29.0 Å². The zero-order chi connectivity index (χ0) is 19.1. The van der Waals surface area contributed by atoms with Gasteiger partial charge in [0, 0.05) is 25.0 Å². The predicted octanol–water partition coefficient (Wildman–Crippen LogP) is 2.55. The number of fused-ring (bicyclic) bond motifs is 1. The summed E-state index contributed by atoms with van der Waals surface area (Å²) in [4.78, 5) is 10.8. The molecule has 1 fully saturated rings. The van der Waals surface area contributed by atoms with E-state index in [9.17, 15) is 4.39 Å². The van der Waals surface area contributed by atoms with Gasteiger partial charge in [-0.1, -0.05) is 0 Å². The molecule has 1 aliphatic heterocycles. The zero-order valence-electron chi connectivity index (χ0n) is 15.2. The van der Waals surface area contributed by atoms with Gasteiger partial charge in [0.05, 0.1) is 48.0 Å². The molecule has 8 nitrogen and oxygen atoms in total. The highest BCUT2D eigenvalue weighted by Crippen LogP contribution is 2.31. The van der Waals surface area contributed by atoms with Gasteiger partial charge in [-0.15, -0.1) is 0 Å². The van der Waals surface area contributed by atoms with E-state index in [-0.39, 0.29) is 6.04 Å². The van der Waals surface area contributed by atoms with Crippen LogP contribution in [0, 0.1) is 5.95 Å². The molecule has 0 bridgehead atoms. The maximum absolute atomic E-state index is 14.5. The van der Waals surface area contributed by atoms with Gasteiger partial charge < -0.3 is 9.64 Å². The number of morpholine rings is 1.